The molecule has 0 aliphatic heterocycles. The van der Waals surface area contributed by atoms with Crippen molar-refractivity contribution in [1.82, 2.24) is 0 Å². The van der Waals surface area contributed by atoms with Crippen molar-refractivity contribution in [2.45, 2.75) is 6.10 Å². The average Bonchev–Trinajstić information content (AvgIpc) is 2.37. The molecular formula is C12H15NO6. The number of carbonyl (C=O) groups is 2. The molecule has 1 atom stereocenters. The van der Waals surface area contributed by atoms with E-state index in [1.807, 2.05) is 0 Å². The summed E-state index contributed by atoms with van der Waals surface area (Å²) in [6.07, 6.45) is -1.18. The summed E-state index contributed by atoms with van der Waals surface area (Å²) in [5.74, 6) is -1.34. The number of hydrogen-bond donors (Lipinski definition) is 2. The third-order valence-electron chi connectivity index (χ3n) is 2.27. The molecule has 0 heterocycles. The normalized spacial score (nSPS) is 11.7. The topological polar surface area (TPSA) is 108 Å². The van der Waals surface area contributed by atoms with Crippen molar-refractivity contribution in [3.8, 4) is 11.5 Å². The fourth-order valence-electron chi connectivity index (χ4n) is 1.37. The van der Waals surface area contributed by atoms with Crippen LogP contribution in [0.5, 0.6) is 11.5 Å². The molecule has 19 heavy (non-hydrogen) atoms. The van der Waals surface area contributed by atoms with Gasteiger partial charge in [0.25, 0.3) is 0 Å². The number of amides is 1. The van der Waals surface area contributed by atoms with Crippen molar-refractivity contribution < 1.29 is 28.9 Å². The second-order valence-corrected chi connectivity index (χ2v) is 3.66. The first kappa shape index (κ1) is 14.8. The van der Waals surface area contributed by atoms with Crippen LogP contribution in [0.2, 0.25) is 0 Å². The van der Waals surface area contributed by atoms with Crippen molar-refractivity contribution in [3.63, 3.8) is 0 Å². The van der Waals surface area contributed by atoms with Gasteiger partial charge in [-0.05, 0) is 12.1 Å². The molecule has 1 unspecified atom stereocenters. The van der Waals surface area contributed by atoms with Gasteiger partial charge in [0.2, 0.25) is 12.0 Å². The van der Waals surface area contributed by atoms with Gasteiger partial charge in [0.1, 0.15) is 11.5 Å². The third kappa shape index (κ3) is 4.14. The van der Waals surface area contributed by atoms with E-state index in [2.05, 4.69) is 0 Å². The highest BCUT2D eigenvalue weighted by Crippen LogP contribution is 2.23. The molecule has 0 radical (unpaired) electrons. The number of nitrogens with two attached hydrogens (primary N) is 1. The van der Waals surface area contributed by atoms with Gasteiger partial charge in [0.05, 0.1) is 13.7 Å². The van der Waals surface area contributed by atoms with Crippen LogP contribution in [-0.2, 0) is 9.53 Å². The zero-order chi connectivity index (χ0) is 14.4. The lowest BCUT2D eigenvalue weighted by Crippen LogP contribution is -2.31. The number of carbonyl (C=O) groups excluding carboxylic acids is 1. The first-order chi connectivity index (χ1) is 8.97. The Morgan fingerprint density at radius 3 is 2.37 bits per heavy atom. The summed E-state index contributed by atoms with van der Waals surface area (Å²) < 4.78 is 15.0. The summed E-state index contributed by atoms with van der Waals surface area (Å²) in [6, 6.07) is 4.23. The number of carboxylic acids is 1. The van der Waals surface area contributed by atoms with E-state index >= 15 is 0 Å². The fraction of sp³-hybridized carbons (Fsp3) is 0.333. The molecule has 1 aromatic rings. The van der Waals surface area contributed by atoms with Crippen molar-refractivity contribution >= 4 is 11.9 Å². The molecule has 1 amide bonds. The molecule has 104 valence electrons. The van der Waals surface area contributed by atoms with E-state index < -0.39 is 18.0 Å². The molecule has 0 saturated heterocycles. The van der Waals surface area contributed by atoms with E-state index in [1.165, 1.54) is 32.4 Å². The van der Waals surface area contributed by atoms with Gasteiger partial charge in [-0.25, -0.2) is 4.79 Å². The van der Waals surface area contributed by atoms with Crippen LogP contribution in [-0.4, -0.2) is 43.9 Å². The lowest BCUT2D eigenvalue weighted by molar-refractivity contribution is -0.147. The SMILES string of the molecule is COCC(Oc1cc(OC)cc(C(N)=O)c1)C(=O)O. The third-order valence-corrected chi connectivity index (χ3v) is 2.27. The Morgan fingerprint density at radius 2 is 1.89 bits per heavy atom. The lowest BCUT2D eigenvalue weighted by Gasteiger charge is -2.15. The molecule has 1 aromatic carbocycles. The number of rotatable bonds is 7. The van der Waals surface area contributed by atoms with Crippen LogP contribution in [0.3, 0.4) is 0 Å². The van der Waals surface area contributed by atoms with Gasteiger partial charge >= 0.3 is 5.97 Å². The molecule has 7 heteroatoms. The monoisotopic (exact) mass is 269 g/mol. The Morgan fingerprint density at radius 1 is 1.26 bits per heavy atom. The van der Waals surface area contributed by atoms with Crippen molar-refractivity contribution in [2.75, 3.05) is 20.8 Å². The highest BCUT2D eigenvalue weighted by Gasteiger charge is 2.20. The molecule has 1 rings (SSSR count). The van der Waals surface area contributed by atoms with E-state index in [1.54, 1.807) is 0 Å². The van der Waals surface area contributed by atoms with Gasteiger partial charge in [-0.1, -0.05) is 0 Å². The van der Waals surface area contributed by atoms with Crippen LogP contribution in [0, 0.1) is 0 Å². The smallest absolute Gasteiger partial charge is 0.347 e. The highest BCUT2D eigenvalue weighted by atomic mass is 16.5. The van der Waals surface area contributed by atoms with E-state index in [-0.39, 0.29) is 17.9 Å². The van der Waals surface area contributed by atoms with Crippen molar-refractivity contribution in [3.05, 3.63) is 23.8 Å². The summed E-state index contributed by atoms with van der Waals surface area (Å²) in [6.45, 7) is -0.127. The summed E-state index contributed by atoms with van der Waals surface area (Å²) in [7, 11) is 2.77. The minimum Gasteiger partial charge on any atom is -0.497 e. The summed E-state index contributed by atoms with van der Waals surface area (Å²) in [4.78, 5) is 22.1. The predicted octanol–water partition coefficient (Wildman–Crippen LogP) is 0.273. The molecule has 0 saturated carbocycles. The van der Waals surface area contributed by atoms with E-state index in [4.69, 9.17) is 25.1 Å². The quantitative estimate of drug-likeness (QED) is 0.735. The van der Waals surface area contributed by atoms with E-state index in [0.29, 0.717) is 5.75 Å². The van der Waals surface area contributed by atoms with Gasteiger partial charge in [-0.15, -0.1) is 0 Å². The molecule has 0 bridgehead atoms. The molecule has 0 fully saturated rings. The second-order valence-electron chi connectivity index (χ2n) is 3.66. The molecule has 7 nitrogen and oxygen atoms in total. The van der Waals surface area contributed by atoms with Crippen LogP contribution >= 0.6 is 0 Å². The number of carboxylic acid groups (broad SMARTS) is 1. The maximum Gasteiger partial charge on any atom is 0.347 e. The van der Waals surface area contributed by atoms with Crippen LogP contribution in [0.4, 0.5) is 0 Å². The average molecular weight is 269 g/mol. The maximum absolute atomic E-state index is 11.1. The number of hydrogen-bond acceptors (Lipinski definition) is 5. The lowest BCUT2D eigenvalue weighted by atomic mass is 10.2. The largest absolute Gasteiger partial charge is 0.497 e. The van der Waals surface area contributed by atoms with Gasteiger partial charge in [0, 0.05) is 18.7 Å². The first-order valence-corrected chi connectivity index (χ1v) is 5.35. The van der Waals surface area contributed by atoms with Gasteiger partial charge < -0.3 is 25.1 Å². The summed E-state index contributed by atoms with van der Waals surface area (Å²) in [5.41, 5.74) is 5.33. The number of methoxy groups -OCH3 is 2. The standard InChI is InChI=1S/C12H15NO6/c1-17-6-10(12(15)16)19-9-4-7(11(13)14)3-8(5-9)18-2/h3-5,10H,6H2,1-2H3,(H2,13,14)(H,15,16). The molecular weight excluding hydrogens is 254 g/mol. The van der Waals surface area contributed by atoms with E-state index in [9.17, 15) is 9.59 Å². The zero-order valence-corrected chi connectivity index (χ0v) is 10.6. The summed E-state index contributed by atoms with van der Waals surface area (Å²) >= 11 is 0. The van der Waals surface area contributed by atoms with Gasteiger partial charge in [-0.2, -0.15) is 0 Å². The molecule has 0 aromatic heterocycles. The molecule has 0 spiro atoms. The first-order valence-electron chi connectivity index (χ1n) is 5.35. The maximum atomic E-state index is 11.1. The number of primary amides is 1. The minimum absolute atomic E-state index is 0.127. The Hall–Kier alpha value is -2.28. The van der Waals surface area contributed by atoms with Gasteiger partial charge in [-0.3, -0.25) is 4.79 Å². The Labute approximate surface area is 109 Å². The van der Waals surface area contributed by atoms with Crippen LogP contribution < -0.4 is 15.2 Å². The zero-order valence-electron chi connectivity index (χ0n) is 10.6. The van der Waals surface area contributed by atoms with Crippen LogP contribution in [0.15, 0.2) is 18.2 Å². The Kier molecular flexibility index (Phi) is 5.13. The van der Waals surface area contributed by atoms with Crippen molar-refractivity contribution in [1.29, 1.82) is 0 Å². The number of aliphatic carboxylic acids is 1. The second kappa shape index (κ2) is 6.60. The highest BCUT2D eigenvalue weighted by molar-refractivity contribution is 5.93. The predicted molar refractivity (Wildman–Crippen MR) is 65.4 cm³/mol. The van der Waals surface area contributed by atoms with Gasteiger partial charge in [0.15, 0.2) is 0 Å². The number of benzene rings is 1. The Bertz CT molecular complexity index is 473. The van der Waals surface area contributed by atoms with Crippen molar-refractivity contribution in [2.24, 2.45) is 5.73 Å². The minimum atomic E-state index is -1.18. The molecule has 3 N–H and O–H groups in total. The van der Waals surface area contributed by atoms with E-state index in [0.717, 1.165) is 0 Å². The number of ether oxygens (including phenoxy) is 3. The summed E-state index contributed by atoms with van der Waals surface area (Å²) in [5, 5.41) is 8.94. The van der Waals surface area contributed by atoms with Crippen LogP contribution in [0.1, 0.15) is 10.4 Å². The van der Waals surface area contributed by atoms with Crippen LogP contribution in [0.25, 0.3) is 0 Å². The fourth-order valence-corrected chi connectivity index (χ4v) is 1.37. The molecule has 0 aliphatic rings. The Balaban J connectivity index is 3.01. The molecule has 0 aliphatic carbocycles.